The summed E-state index contributed by atoms with van der Waals surface area (Å²) >= 11 is 0. The zero-order valence-electron chi connectivity index (χ0n) is 11.8. The predicted octanol–water partition coefficient (Wildman–Crippen LogP) is 2.10. The molecule has 4 nitrogen and oxygen atoms in total. The number of nitrogens with zero attached hydrogens (tertiary/aromatic N) is 1. The quantitative estimate of drug-likeness (QED) is 0.858. The Bertz CT molecular complexity index is 488. The van der Waals surface area contributed by atoms with Gasteiger partial charge in [-0.1, -0.05) is 12.1 Å². The highest BCUT2D eigenvalue weighted by molar-refractivity contribution is 5.72. The molecule has 0 aromatic heterocycles. The Morgan fingerprint density at radius 2 is 2.05 bits per heavy atom. The molecule has 0 saturated carbocycles. The van der Waals surface area contributed by atoms with Crippen LogP contribution in [0.5, 0.6) is 5.75 Å². The van der Waals surface area contributed by atoms with E-state index in [9.17, 15) is 9.90 Å². The second-order valence-electron chi connectivity index (χ2n) is 5.98. The van der Waals surface area contributed by atoms with Gasteiger partial charge in [0.2, 0.25) is 0 Å². The molecular weight excluding hydrogens is 254 g/mol. The lowest BCUT2D eigenvalue weighted by Crippen LogP contribution is -2.43. The first-order valence-electron chi connectivity index (χ1n) is 7.31. The highest BCUT2D eigenvalue weighted by Gasteiger charge is 2.39. The maximum absolute atomic E-state index is 12.0. The number of ether oxygens (including phenoxy) is 1. The van der Waals surface area contributed by atoms with Crippen molar-refractivity contribution < 1.29 is 14.6 Å². The number of carbonyl (C=O) groups is 1. The lowest BCUT2D eigenvalue weighted by atomic mass is 10.0. The molecule has 0 aliphatic carbocycles. The zero-order chi connectivity index (χ0) is 14.1. The maximum atomic E-state index is 12.0. The first kappa shape index (κ1) is 13.4. The Balaban J connectivity index is 1.55. The molecule has 2 bridgehead atoms. The molecule has 2 saturated heterocycles. The SMILES string of the molecule is CN1[C@@H]2CC[C@H]1CC(OC(=O)Cc1cccc(O)c1)C2. The largest absolute Gasteiger partial charge is 0.508 e. The summed E-state index contributed by atoms with van der Waals surface area (Å²) in [7, 11) is 2.17. The van der Waals surface area contributed by atoms with Crippen LogP contribution in [0.4, 0.5) is 0 Å². The molecule has 4 heteroatoms. The van der Waals surface area contributed by atoms with Crippen molar-refractivity contribution in [2.45, 2.75) is 50.3 Å². The molecule has 0 radical (unpaired) electrons. The molecule has 2 heterocycles. The number of phenols is 1. The van der Waals surface area contributed by atoms with Gasteiger partial charge in [-0.25, -0.2) is 0 Å². The standard InChI is InChI=1S/C16H21NO3/c1-17-12-5-6-13(17)10-15(9-12)20-16(19)8-11-3-2-4-14(18)7-11/h2-4,7,12-13,15,18H,5-6,8-10H2,1H3/t12-,13+,15?. The van der Waals surface area contributed by atoms with E-state index in [4.69, 9.17) is 4.74 Å². The van der Waals surface area contributed by atoms with Gasteiger partial charge in [-0.05, 0) is 50.4 Å². The van der Waals surface area contributed by atoms with Crippen LogP contribution >= 0.6 is 0 Å². The number of carbonyl (C=O) groups excluding carboxylic acids is 1. The average molecular weight is 275 g/mol. The molecule has 108 valence electrons. The van der Waals surface area contributed by atoms with Crippen molar-refractivity contribution in [1.82, 2.24) is 4.90 Å². The average Bonchev–Trinajstić information content (AvgIpc) is 2.61. The van der Waals surface area contributed by atoms with Crippen LogP contribution in [0.3, 0.4) is 0 Å². The Hall–Kier alpha value is -1.55. The van der Waals surface area contributed by atoms with Gasteiger partial charge >= 0.3 is 5.97 Å². The van der Waals surface area contributed by atoms with E-state index in [0.717, 1.165) is 18.4 Å². The summed E-state index contributed by atoms with van der Waals surface area (Å²) < 4.78 is 5.62. The van der Waals surface area contributed by atoms with Gasteiger partial charge in [0.25, 0.3) is 0 Å². The molecule has 20 heavy (non-hydrogen) atoms. The smallest absolute Gasteiger partial charge is 0.310 e. The van der Waals surface area contributed by atoms with E-state index < -0.39 is 0 Å². The van der Waals surface area contributed by atoms with Crippen LogP contribution in [-0.4, -0.2) is 41.2 Å². The van der Waals surface area contributed by atoms with Crippen molar-refractivity contribution in [3.8, 4) is 5.75 Å². The van der Waals surface area contributed by atoms with E-state index in [0.29, 0.717) is 12.1 Å². The maximum Gasteiger partial charge on any atom is 0.310 e. The Kier molecular flexibility index (Phi) is 3.66. The molecule has 3 rings (SSSR count). The molecule has 1 unspecified atom stereocenters. The number of fused-ring (bicyclic) bond motifs is 2. The van der Waals surface area contributed by atoms with Gasteiger partial charge in [0, 0.05) is 12.1 Å². The van der Waals surface area contributed by atoms with Crippen molar-refractivity contribution in [3.63, 3.8) is 0 Å². The molecular formula is C16H21NO3. The minimum atomic E-state index is -0.190. The minimum absolute atomic E-state index is 0.0634. The number of hydrogen-bond acceptors (Lipinski definition) is 4. The Labute approximate surface area is 119 Å². The summed E-state index contributed by atoms with van der Waals surface area (Å²) in [6, 6.07) is 7.94. The summed E-state index contributed by atoms with van der Waals surface area (Å²) in [5.74, 6) is -0.00260. The fraction of sp³-hybridized carbons (Fsp3) is 0.562. The monoisotopic (exact) mass is 275 g/mol. The van der Waals surface area contributed by atoms with Crippen LogP contribution in [0.1, 0.15) is 31.2 Å². The number of piperidine rings is 1. The predicted molar refractivity (Wildman–Crippen MR) is 75.5 cm³/mol. The van der Waals surface area contributed by atoms with E-state index in [-0.39, 0.29) is 24.2 Å². The van der Waals surface area contributed by atoms with Gasteiger partial charge in [0.15, 0.2) is 0 Å². The van der Waals surface area contributed by atoms with E-state index in [1.807, 2.05) is 6.07 Å². The van der Waals surface area contributed by atoms with Crippen molar-refractivity contribution >= 4 is 5.97 Å². The lowest BCUT2D eigenvalue weighted by molar-refractivity contribution is -0.151. The molecule has 1 N–H and O–H groups in total. The van der Waals surface area contributed by atoms with Crippen LogP contribution < -0.4 is 0 Å². The first-order valence-corrected chi connectivity index (χ1v) is 7.31. The number of aromatic hydroxyl groups is 1. The number of phenolic OH excluding ortho intramolecular Hbond substituents is 1. The first-order chi connectivity index (χ1) is 9.61. The van der Waals surface area contributed by atoms with Crippen molar-refractivity contribution in [1.29, 1.82) is 0 Å². The van der Waals surface area contributed by atoms with Gasteiger partial charge in [-0.2, -0.15) is 0 Å². The van der Waals surface area contributed by atoms with Crippen LogP contribution in [0.15, 0.2) is 24.3 Å². The summed E-state index contributed by atoms with van der Waals surface area (Å²) in [6.45, 7) is 0. The van der Waals surface area contributed by atoms with E-state index in [1.165, 1.54) is 12.8 Å². The second-order valence-corrected chi connectivity index (χ2v) is 5.98. The number of rotatable bonds is 3. The summed E-state index contributed by atoms with van der Waals surface area (Å²) in [5.41, 5.74) is 0.797. The molecule has 2 fully saturated rings. The third-order valence-corrected chi connectivity index (χ3v) is 4.61. The molecule has 3 atom stereocenters. The van der Waals surface area contributed by atoms with E-state index in [1.54, 1.807) is 18.2 Å². The Morgan fingerprint density at radius 3 is 2.70 bits per heavy atom. The highest BCUT2D eigenvalue weighted by Crippen LogP contribution is 2.35. The van der Waals surface area contributed by atoms with Crippen molar-refractivity contribution in [2.75, 3.05) is 7.05 Å². The molecule has 0 amide bonds. The summed E-state index contributed by atoms with van der Waals surface area (Å²) in [4.78, 5) is 14.4. The van der Waals surface area contributed by atoms with Gasteiger partial charge in [0.1, 0.15) is 11.9 Å². The van der Waals surface area contributed by atoms with Crippen LogP contribution in [0.25, 0.3) is 0 Å². The topological polar surface area (TPSA) is 49.8 Å². The third kappa shape index (κ3) is 2.80. The van der Waals surface area contributed by atoms with E-state index in [2.05, 4.69) is 11.9 Å². The van der Waals surface area contributed by atoms with Crippen LogP contribution in [-0.2, 0) is 16.0 Å². The van der Waals surface area contributed by atoms with Gasteiger partial charge < -0.3 is 14.7 Å². The number of hydrogen-bond donors (Lipinski definition) is 1. The number of esters is 1. The minimum Gasteiger partial charge on any atom is -0.508 e. The molecule has 1 aromatic carbocycles. The molecule has 2 aliphatic rings. The molecule has 2 aliphatic heterocycles. The van der Waals surface area contributed by atoms with Crippen molar-refractivity contribution in [3.05, 3.63) is 29.8 Å². The normalized spacial score (nSPS) is 29.4. The highest BCUT2D eigenvalue weighted by atomic mass is 16.5. The fourth-order valence-corrected chi connectivity index (χ4v) is 3.52. The van der Waals surface area contributed by atoms with Gasteiger partial charge in [-0.3, -0.25) is 4.79 Å². The van der Waals surface area contributed by atoms with Crippen LogP contribution in [0, 0.1) is 0 Å². The number of benzene rings is 1. The summed E-state index contributed by atoms with van der Waals surface area (Å²) in [6.07, 6.45) is 4.66. The summed E-state index contributed by atoms with van der Waals surface area (Å²) in [5, 5.41) is 9.40. The van der Waals surface area contributed by atoms with Crippen LogP contribution in [0.2, 0.25) is 0 Å². The molecule has 0 spiro atoms. The van der Waals surface area contributed by atoms with Crippen molar-refractivity contribution in [2.24, 2.45) is 0 Å². The fourth-order valence-electron chi connectivity index (χ4n) is 3.52. The van der Waals surface area contributed by atoms with Gasteiger partial charge in [0.05, 0.1) is 6.42 Å². The lowest BCUT2D eigenvalue weighted by Gasteiger charge is -2.35. The Morgan fingerprint density at radius 1 is 1.35 bits per heavy atom. The second kappa shape index (κ2) is 5.44. The van der Waals surface area contributed by atoms with Gasteiger partial charge in [-0.15, -0.1) is 0 Å². The zero-order valence-corrected chi connectivity index (χ0v) is 11.8. The van der Waals surface area contributed by atoms with E-state index >= 15 is 0 Å². The third-order valence-electron chi connectivity index (χ3n) is 4.61. The molecule has 1 aromatic rings.